The van der Waals surface area contributed by atoms with Crippen LogP contribution >= 0.6 is 11.3 Å². The van der Waals surface area contributed by atoms with Gasteiger partial charge in [0.15, 0.2) is 0 Å². The van der Waals surface area contributed by atoms with E-state index < -0.39 is 0 Å². The average molecular weight is 384 g/mol. The fraction of sp³-hybridized carbons (Fsp3) is 0.238. The second kappa shape index (κ2) is 8.31. The van der Waals surface area contributed by atoms with Crippen LogP contribution in [0.25, 0.3) is 10.1 Å². The van der Waals surface area contributed by atoms with Crippen molar-refractivity contribution in [1.82, 2.24) is 10.2 Å². The van der Waals surface area contributed by atoms with Crippen molar-refractivity contribution in [3.8, 4) is 0 Å². The molecule has 0 saturated carbocycles. The smallest absolute Gasteiger partial charge is 0.264 e. The number of benzene rings is 2. The van der Waals surface area contributed by atoms with Crippen molar-refractivity contribution in [3.63, 3.8) is 0 Å². The second-order valence-corrected chi connectivity index (χ2v) is 7.33. The van der Waals surface area contributed by atoms with Gasteiger partial charge >= 0.3 is 0 Å². The highest BCUT2D eigenvalue weighted by Crippen LogP contribution is 2.31. The number of carbonyl (C=O) groups excluding carboxylic acids is 2. The summed E-state index contributed by atoms with van der Waals surface area (Å²) < 4.78 is 14.0. The molecule has 0 atom stereocenters. The molecular weight excluding hydrogens is 363 g/mol. The molecule has 0 saturated heterocycles. The van der Waals surface area contributed by atoms with Gasteiger partial charge in [0.25, 0.3) is 5.91 Å². The Bertz CT molecular complexity index is 966. The first-order valence-corrected chi connectivity index (χ1v) is 9.59. The van der Waals surface area contributed by atoms with Crippen molar-refractivity contribution < 1.29 is 14.0 Å². The number of carbonyl (C=O) groups is 2. The molecule has 0 bridgehead atoms. The number of hydrogen-bond donors (Lipinski definition) is 1. The van der Waals surface area contributed by atoms with E-state index in [-0.39, 0.29) is 24.2 Å². The number of rotatable bonds is 6. The minimum Gasteiger partial charge on any atom is -0.350 e. The fourth-order valence-corrected chi connectivity index (χ4v) is 4.06. The molecule has 0 unspecified atom stereocenters. The molecule has 140 valence electrons. The van der Waals surface area contributed by atoms with Gasteiger partial charge in [-0.05, 0) is 48.6 Å². The van der Waals surface area contributed by atoms with E-state index in [1.54, 1.807) is 12.1 Å². The number of thiophene rings is 1. The molecule has 1 N–H and O–H groups in total. The van der Waals surface area contributed by atoms with Gasteiger partial charge in [0.1, 0.15) is 5.82 Å². The molecule has 1 heterocycles. The van der Waals surface area contributed by atoms with Crippen molar-refractivity contribution in [2.45, 2.75) is 20.4 Å². The van der Waals surface area contributed by atoms with E-state index in [2.05, 4.69) is 5.32 Å². The predicted octanol–water partition coefficient (Wildman–Crippen LogP) is 4.13. The first kappa shape index (κ1) is 19.0. The Kier molecular flexibility index (Phi) is 5.86. The van der Waals surface area contributed by atoms with Crippen molar-refractivity contribution in [2.75, 3.05) is 13.1 Å². The topological polar surface area (TPSA) is 49.4 Å². The number of likely N-dealkylation sites (N-methyl/N-ethyl adjacent to an activating group) is 1. The Morgan fingerprint density at radius 2 is 1.81 bits per heavy atom. The normalized spacial score (nSPS) is 10.8. The molecule has 4 nitrogen and oxygen atoms in total. The molecule has 3 rings (SSSR count). The second-order valence-electron chi connectivity index (χ2n) is 6.27. The third-order valence-corrected chi connectivity index (χ3v) is 5.71. The molecule has 0 fully saturated rings. The van der Waals surface area contributed by atoms with Gasteiger partial charge in [-0.3, -0.25) is 9.59 Å². The van der Waals surface area contributed by atoms with Crippen LogP contribution in [0.1, 0.15) is 27.7 Å². The fourth-order valence-electron chi connectivity index (χ4n) is 2.88. The van der Waals surface area contributed by atoms with E-state index in [4.69, 9.17) is 0 Å². The minimum absolute atomic E-state index is 0.00971. The summed E-state index contributed by atoms with van der Waals surface area (Å²) in [5, 5.41) is 3.85. The van der Waals surface area contributed by atoms with Gasteiger partial charge in [0, 0.05) is 17.8 Å². The lowest BCUT2D eigenvalue weighted by molar-refractivity contribution is -0.121. The summed E-state index contributed by atoms with van der Waals surface area (Å²) in [4.78, 5) is 27.4. The zero-order chi connectivity index (χ0) is 19.4. The highest BCUT2D eigenvalue weighted by molar-refractivity contribution is 7.21. The lowest BCUT2D eigenvalue weighted by Crippen LogP contribution is -2.40. The van der Waals surface area contributed by atoms with Gasteiger partial charge in [-0.15, -0.1) is 11.3 Å². The minimum atomic E-state index is -0.313. The van der Waals surface area contributed by atoms with E-state index in [1.807, 2.05) is 38.1 Å². The Hall–Kier alpha value is -2.73. The molecule has 27 heavy (non-hydrogen) atoms. The van der Waals surface area contributed by atoms with E-state index in [1.165, 1.54) is 28.4 Å². The van der Waals surface area contributed by atoms with Crippen LogP contribution in [0.15, 0.2) is 48.5 Å². The summed E-state index contributed by atoms with van der Waals surface area (Å²) in [6, 6.07) is 13.9. The van der Waals surface area contributed by atoms with E-state index >= 15 is 0 Å². The number of aryl methyl sites for hydroxylation is 1. The molecule has 6 heteroatoms. The summed E-state index contributed by atoms with van der Waals surface area (Å²) >= 11 is 1.46. The summed E-state index contributed by atoms with van der Waals surface area (Å²) in [6.45, 7) is 4.52. The van der Waals surface area contributed by atoms with Crippen LogP contribution in [0.3, 0.4) is 0 Å². The lowest BCUT2D eigenvalue weighted by Gasteiger charge is -2.20. The molecule has 2 amide bonds. The predicted molar refractivity (Wildman–Crippen MR) is 106 cm³/mol. The molecule has 0 radical (unpaired) electrons. The van der Waals surface area contributed by atoms with Gasteiger partial charge in [0.2, 0.25) is 5.91 Å². The van der Waals surface area contributed by atoms with E-state index in [0.717, 1.165) is 21.2 Å². The Morgan fingerprint density at radius 3 is 2.48 bits per heavy atom. The largest absolute Gasteiger partial charge is 0.350 e. The summed E-state index contributed by atoms with van der Waals surface area (Å²) in [6.07, 6.45) is 0. The van der Waals surface area contributed by atoms with Crippen molar-refractivity contribution in [1.29, 1.82) is 0 Å². The molecule has 1 aromatic heterocycles. The number of nitrogens with zero attached hydrogens (tertiary/aromatic N) is 1. The maximum Gasteiger partial charge on any atom is 0.264 e. The van der Waals surface area contributed by atoms with Gasteiger partial charge in [-0.1, -0.05) is 30.3 Å². The van der Waals surface area contributed by atoms with Crippen LogP contribution in [-0.2, 0) is 11.3 Å². The van der Waals surface area contributed by atoms with Crippen LogP contribution < -0.4 is 5.32 Å². The summed E-state index contributed by atoms with van der Waals surface area (Å²) in [5.41, 5.74) is 1.75. The van der Waals surface area contributed by atoms with Gasteiger partial charge in [-0.2, -0.15) is 0 Å². The van der Waals surface area contributed by atoms with Crippen molar-refractivity contribution >= 4 is 33.2 Å². The first-order chi connectivity index (χ1) is 13.0. The Labute approximate surface area is 161 Å². The third-order valence-electron chi connectivity index (χ3n) is 4.44. The molecule has 3 aromatic rings. The molecule has 2 aromatic carbocycles. The average Bonchev–Trinajstić information content (AvgIpc) is 3.02. The monoisotopic (exact) mass is 384 g/mol. The Morgan fingerprint density at radius 1 is 1.11 bits per heavy atom. The number of amides is 2. The number of nitrogens with one attached hydrogen (secondary N) is 1. The van der Waals surface area contributed by atoms with Crippen LogP contribution in [-0.4, -0.2) is 29.8 Å². The summed E-state index contributed by atoms with van der Waals surface area (Å²) in [7, 11) is 0. The van der Waals surface area contributed by atoms with Gasteiger partial charge in [-0.25, -0.2) is 4.39 Å². The van der Waals surface area contributed by atoms with Crippen LogP contribution in [0.4, 0.5) is 4.39 Å². The van der Waals surface area contributed by atoms with Gasteiger partial charge in [0.05, 0.1) is 11.4 Å². The Balaban J connectivity index is 1.66. The standard InChI is InChI=1S/C21H21FN2O2S/c1-3-24(13-19(25)23-12-15-8-10-16(22)11-9-15)21(26)20-14(2)17-6-4-5-7-18(17)27-20/h4-11H,3,12-13H2,1-2H3,(H,23,25). The molecule has 0 aliphatic rings. The number of hydrogen-bond acceptors (Lipinski definition) is 3. The van der Waals surface area contributed by atoms with Crippen LogP contribution in [0, 0.1) is 12.7 Å². The SMILES string of the molecule is CCN(CC(=O)NCc1ccc(F)cc1)C(=O)c1sc2ccccc2c1C. The molecule has 0 aliphatic carbocycles. The third kappa shape index (κ3) is 4.34. The molecule has 0 spiro atoms. The van der Waals surface area contributed by atoms with Crippen LogP contribution in [0.2, 0.25) is 0 Å². The zero-order valence-corrected chi connectivity index (χ0v) is 16.1. The number of fused-ring (bicyclic) bond motifs is 1. The van der Waals surface area contributed by atoms with Crippen molar-refractivity contribution in [2.24, 2.45) is 0 Å². The van der Waals surface area contributed by atoms with Gasteiger partial charge < -0.3 is 10.2 Å². The van der Waals surface area contributed by atoms with Crippen molar-refractivity contribution in [3.05, 3.63) is 70.4 Å². The van der Waals surface area contributed by atoms with E-state index in [0.29, 0.717) is 18.0 Å². The van der Waals surface area contributed by atoms with E-state index in [9.17, 15) is 14.0 Å². The maximum atomic E-state index is 12.9. The molecule has 0 aliphatic heterocycles. The highest BCUT2D eigenvalue weighted by Gasteiger charge is 2.22. The highest BCUT2D eigenvalue weighted by atomic mass is 32.1. The quantitative estimate of drug-likeness (QED) is 0.695. The first-order valence-electron chi connectivity index (χ1n) is 8.78. The maximum absolute atomic E-state index is 12.9. The molecular formula is C21H21FN2O2S. The number of halogens is 1. The summed E-state index contributed by atoms with van der Waals surface area (Å²) in [5.74, 6) is -0.687. The lowest BCUT2D eigenvalue weighted by atomic mass is 10.1. The zero-order valence-electron chi connectivity index (χ0n) is 15.3. The van der Waals surface area contributed by atoms with Crippen LogP contribution in [0.5, 0.6) is 0 Å².